The Kier molecular flexibility index (Phi) is 3.22. The molecule has 2 fully saturated rings. The predicted octanol–water partition coefficient (Wildman–Crippen LogP) is -0.495. The molecule has 0 radical (unpaired) electrons. The molecule has 3 rings (SSSR count). The van der Waals surface area contributed by atoms with E-state index < -0.39 is 9.84 Å². The monoisotopic (exact) mass is 285 g/mol. The summed E-state index contributed by atoms with van der Waals surface area (Å²) in [5.74, 6) is 1.83. The van der Waals surface area contributed by atoms with Gasteiger partial charge in [-0.2, -0.15) is 4.98 Å². The van der Waals surface area contributed by atoms with E-state index in [0.29, 0.717) is 24.2 Å². The number of piperazine rings is 1. The van der Waals surface area contributed by atoms with E-state index in [-0.39, 0.29) is 17.4 Å². The first-order chi connectivity index (χ1) is 9.03. The maximum Gasteiger partial charge on any atom is 0.244 e. The topological polar surface area (TPSA) is 91.0 Å². The number of hydrogen-bond donors (Lipinski definition) is 2. The van der Waals surface area contributed by atoms with E-state index in [0.717, 1.165) is 19.6 Å². The van der Waals surface area contributed by atoms with E-state index in [4.69, 9.17) is 0 Å². The van der Waals surface area contributed by atoms with Crippen molar-refractivity contribution in [2.75, 3.05) is 36.0 Å². The maximum atomic E-state index is 11.5. The van der Waals surface area contributed by atoms with Crippen molar-refractivity contribution in [1.29, 1.82) is 0 Å². The summed E-state index contributed by atoms with van der Waals surface area (Å²) in [6, 6.07) is 0.419. The van der Waals surface area contributed by atoms with Crippen molar-refractivity contribution in [2.24, 2.45) is 0 Å². The highest BCUT2D eigenvalue weighted by molar-refractivity contribution is 7.91. The van der Waals surface area contributed by atoms with Gasteiger partial charge < -0.3 is 10.2 Å². The van der Waals surface area contributed by atoms with Crippen LogP contribution in [0.1, 0.15) is 25.1 Å². The number of aromatic amines is 1. The van der Waals surface area contributed by atoms with Crippen LogP contribution in [-0.2, 0) is 9.84 Å². The molecule has 2 unspecified atom stereocenters. The summed E-state index contributed by atoms with van der Waals surface area (Å²) < 4.78 is 23.0. The van der Waals surface area contributed by atoms with E-state index in [9.17, 15) is 8.42 Å². The van der Waals surface area contributed by atoms with Gasteiger partial charge in [-0.25, -0.2) is 8.42 Å². The summed E-state index contributed by atoms with van der Waals surface area (Å²) in [7, 11) is -2.88. The van der Waals surface area contributed by atoms with Gasteiger partial charge in [0.05, 0.1) is 11.5 Å². The van der Waals surface area contributed by atoms with Gasteiger partial charge in [-0.15, -0.1) is 5.10 Å². The molecule has 2 N–H and O–H groups in total. The van der Waals surface area contributed by atoms with Gasteiger partial charge in [-0.05, 0) is 13.3 Å². The Balaban J connectivity index is 1.73. The van der Waals surface area contributed by atoms with Gasteiger partial charge in [0.15, 0.2) is 9.84 Å². The number of nitrogens with zero attached hydrogens (tertiary/aromatic N) is 3. The van der Waals surface area contributed by atoms with Crippen molar-refractivity contribution in [2.45, 2.75) is 25.3 Å². The van der Waals surface area contributed by atoms with Crippen LogP contribution in [0, 0.1) is 0 Å². The van der Waals surface area contributed by atoms with Gasteiger partial charge in [0, 0.05) is 31.6 Å². The third kappa shape index (κ3) is 2.74. The zero-order chi connectivity index (χ0) is 13.5. The molecule has 0 aliphatic carbocycles. The molecular formula is C11H19N5O2S. The number of rotatable bonds is 2. The Morgan fingerprint density at radius 3 is 2.95 bits per heavy atom. The highest BCUT2D eigenvalue weighted by atomic mass is 32.2. The zero-order valence-corrected chi connectivity index (χ0v) is 11.8. The third-order valence-corrected chi connectivity index (χ3v) is 5.53. The normalized spacial score (nSPS) is 30.7. The first-order valence-corrected chi connectivity index (χ1v) is 8.47. The molecule has 0 saturated carbocycles. The molecule has 0 amide bonds. The van der Waals surface area contributed by atoms with Crippen LogP contribution in [0.2, 0.25) is 0 Å². The zero-order valence-electron chi connectivity index (χ0n) is 11.0. The first-order valence-electron chi connectivity index (χ1n) is 6.64. The molecule has 0 bridgehead atoms. The van der Waals surface area contributed by atoms with Crippen molar-refractivity contribution in [3.63, 3.8) is 0 Å². The minimum atomic E-state index is -2.88. The Bertz CT molecular complexity index is 555. The first kappa shape index (κ1) is 12.9. The summed E-state index contributed by atoms with van der Waals surface area (Å²) in [4.78, 5) is 6.61. The van der Waals surface area contributed by atoms with E-state index in [1.54, 1.807) is 0 Å². The lowest BCUT2D eigenvalue weighted by Gasteiger charge is -2.30. The molecule has 3 heterocycles. The van der Waals surface area contributed by atoms with Gasteiger partial charge in [0.2, 0.25) is 5.95 Å². The molecular weight excluding hydrogens is 266 g/mol. The second-order valence-electron chi connectivity index (χ2n) is 5.42. The van der Waals surface area contributed by atoms with Crippen molar-refractivity contribution in [3.05, 3.63) is 5.82 Å². The molecule has 0 spiro atoms. The van der Waals surface area contributed by atoms with Gasteiger partial charge in [0.25, 0.3) is 0 Å². The van der Waals surface area contributed by atoms with Crippen molar-refractivity contribution in [3.8, 4) is 0 Å². The average molecular weight is 285 g/mol. The molecule has 1 aromatic rings. The Labute approximate surface area is 112 Å². The summed E-state index contributed by atoms with van der Waals surface area (Å²) in [6.07, 6.45) is 0.648. The summed E-state index contributed by atoms with van der Waals surface area (Å²) >= 11 is 0. The van der Waals surface area contributed by atoms with Gasteiger partial charge in [0.1, 0.15) is 5.82 Å². The van der Waals surface area contributed by atoms with Crippen LogP contribution in [0.4, 0.5) is 5.95 Å². The Morgan fingerprint density at radius 2 is 2.26 bits per heavy atom. The second-order valence-corrected chi connectivity index (χ2v) is 7.65. The van der Waals surface area contributed by atoms with Crippen molar-refractivity contribution >= 4 is 15.8 Å². The molecule has 106 valence electrons. The number of H-pyrrole nitrogens is 1. The van der Waals surface area contributed by atoms with Crippen LogP contribution in [0.5, 0.6) is 0 Å². The third-order valence-electron chi connectivity index (χ3n) is 3.76. The van der Waals surface area contributed by atoms with Gasteiger partial charge >= 0.3 is 0 Å². The molecule has 7 nitrogen and oxygen atoms in total. The lowest BCUT2D eigenvalue weighted by Crippen LogP contribution is -2.49. The standard InChI is InChI=1S/C11H19N5O2S/c1-8-6-16(4-3-12-8)11-13-10(14-15-11)9-2-5-19(17,18)7-9/h8-9,12H,2-7H2,1H3,(H,13,14,15). The number of sulfone groups is 1. The van der Waals surface area contributed by atoms with Crippen LogP contribution in [0.25, 0.3) is 0 Å². The lowest BCUT2D eigenvalue weighted by molar-refractivity contribution is 0.479. The summed E-state index contributed by atoms with van der Waals surface area (Å²) in [5, 5.41) is 10.5. The molecule has 2 aliphatic heterocycles. The molecule has 1 aromatic heterocycles. The Morgan fingerprint density at radius 1 is 1.42 bits per heavy atom. The van der Waals surface area contributed by atoms with Crippen LogP contribution in [0.15, 0.2) is 0 Å². The molecule has 2 atom stereocenters. The number of anilines is 1. The minimum absolute atomic E-state index is 0.0217. The van der Waals surface area contributed by atoms with Crippen LogP contribution >= 0.6 is 0 Å². The summed E-state index contributed by atoms with van der Waals surface area (Å²) in [6.45, 7) is 4.80. The highest BCUT2D eigenvalue weighted by Gasteiger charge is 2.32. The number of aromatic nitrogens is 3. The molecule has 2 aliphatic rings. The fourth-order valence-electron chi connectivity index (χ4n) is 2.71. The molecule has 0 aromatic carbocycles. The number of hydrogen-bond acceptors (Lipinski definition) is 6. The van der Waals surface area contributed by atoms with Crippen LogP contribution < -0.4 is 10.2 Å². The molecule has 8 heteroatoms. The predicted molar refractivity (Wildman–Crippen MR) is 72.1 cm³/mol. The van der Waals surface area contributed by atoms with Crippen molar-refractivity contribution in [1.82, 2.24) is 20.5 Å². The van der Waals surface area contributed by atoms with Gasteiger partial charge in [-0.3, -0.25) is 5.10 Å². The summed E-state index contributed by atoms with van der Waals surface area (Å²) in [5.41, 5.74) is 0. The van der Waals surface area contributed by atoms with Gasteiger partial charge in [-0.1, -0.05) is 0 Å². The Hall–Kier alpha value is -1.15. The highest BCUT2D eigenvalue weighted by Crippen LogP contribution is 2.27. The quantitative estimate of drug-likeness (QED) is 0.761. The smallest absolute Gasteiger partial charge is 0.244 e. The van der Waals surface area contributed by atoms with E-state index >= 15 is 0 Å². The van der Waals surface area contributed by atoms with Crippen molar-refractivity contribution < 1.29 is 8.42 Å². The average Bonchev–Trinajstić information content (AvgIpc) is 2.95. The second kappa shape index (κ2) is 4.75. The fourth-order valence-corrected chi connectivity index (χ4v) is 4.46. The largest absolute Gasteiger partial charge is 0.337 e. The van der Waals surface area contributed by atoms with Crippen LogP contribution in [0.3, 0.4) is 0 Å². The maximum absolute atomic E-state index is 11.5. The molecule has 19 heavy (non-hydrogen) atoms. The lowest BCUT2D eigenvalue weighted by atomic mass is 10.1. The van der Waals surface area contributed by atoms with E-state index in [1.807, 2.05) is 0 Å². The molecule has 2 saturated heterocycles. The SMILES string of the molecule is CC1CN(c2n[nH]c(C3CCS(=O)(=O)C3)n2)CCN1. The van der Waals surface area contributed by atoms with E-state index in [1.165, 1.54) is 0 Å². The number of nitrogens with one attached hydrogen (secondary N) is 2. The minimum Gasteiger partial charge on any atom is -0.337 e. The van der Waals surface area contributed by atoms with Crippen LogP contribution in [-0.4, -0.2) is 60.8 Å². The fraction of sp³-hybridized carbons (Fsp3) is 0.818. The van der Waals surface area contributed by atoms with E-state index in [2.05, 4.69) is 32.3 Å².